The van der Waals surface area contributed by atoms with E-state index in [4.69, 9.17) is 16.6 Å². The summed E-state index contributed by atoms with van der Waals surface area (Å²) in [6.07, 6.45) is 7.24. The molecule has 0 saturated carbocycles. The average molecular weight is 319 g/mol. The van der Waals surface area contributed by atoms with Crippen LogP contribution in [0.2, 0.25) is 0 Å². The van der Waals surface area contributed by atoms with E-state index in [2.05, 4.69) is 34.9 Å². The maximum absolute atomic E-state index is 8.99. The second-order valence-electron chi connectivity index (χ2n) is 5.71. The molecule has 0 amide bonds. The first kappa shape index (κ1) is 17.4. The van der Waals surface area contributed by atoms with Crippen LogP contribution in [0.5, 0.6) is 0 Å². The maximum Gasteiger partial charge on any atom is 0.265 e. The van der Waals surface area contributed by atoms with Gasteiger partial charge in [-0.3, -0.25) is 0 Å². The van der Waals surface area contributed by atoms with E-state index in [-0.39, 0.29) is 5.70 Å². The molecule has 0 atom stereocenters. The average Bonchev–Trinajstić information content (AvgIpc) is 2.61. The summed E-state index contributed by atoms with van der Waals surface area (Å²) in [5, 5.41) is 8.99. The molecule has 0 fully saturated rings. The van der Waals surface area contributed by atoms with Gasteiger partial charge in [0, 0.05) is 19.8 Å². The molecule has 1 aliphatic rings. The first-order valence-corrected chi connectivity index (χ1v) is 7.92. The minimum Gasteiger partial charge on any atom is -0.493 e. The number of ether oxygens (including phenoxy) is 1. The van der Waals surface area contributed by atoms with E-state index >= 15 is 0 Å². The molecule has 0 saturated heterocycles. The van der Waals surface area contributed by atoms with Gasteiger partial charge in [0.2, 0.25) is 0 Å². The van der Waals surface area contributed by atoms with Crippen molar-refractivity contribution in [2.24, 2.45) is 0 Å². The smallest absolute Gasteiger partial charge is 0.265 e. The van der Waals surface area contributed by atoms with Crippen molar-refractivity contribution in [3.05, 3.63) is 69.9 Å². The van der Waals surface area contributed by atoms with Crippen LogP contribution >= 0.6 is 0 Å². The van der Waals surface area contributed by atoms with Crippen molar-refractivity contribution in [2.45, 2.75) is 19.8 Å². The van der Waals surface area contributed by atoms with Gasteiger partial charge in [-0.25, -0.2) is 10.1 Å². The highest BCUT2D eigenvalue weighted by molar-refractivity contribution is 5.61. The molecular weight excluding hydrogens is 298 g/mol. The number of nitrogens with zero attached hydrogens (tertiary/aromatic N) is 3. The SMILES string of the molecule is [C-]#[N+]/C(C#N)=C1C=C(/C=C/c2ccc(N(C)C)c(CC)c2)OCC\1. The molecule has 122 valence electrons. The van der Waals surface area contributed by atoms with Crippen molar-refractivity contribution >= 4 is 11.8 Å². The first-order chi connectivity index (χ1) is 11.6. The van der Waals surface area contributed by atoms with Gasteiger partial charge in [0.25, 0.3) is 5.70 Å². The van der Waals surface area contributed by atoms with Crippen LogP contribution in [0.25, 0.3) is 10.9 Å². The molecule has 0 bridgehead atoms. The van der Waals surface area contributed by atoms with Crippen LogP contribution in [0.1, 0.15) is 24.5 Å². The third kappa shape index (κ3) is 4.06. The number of anilines is 1. The van der Waals surface area contributed by atoms with E-state index < -0.39 is 0 Å². The Bertz CT molecular complexity index is 770. The molecule has 0 aliphatic carbocycles. The molecule has 1 aromatic carbocycles. The predicted molar refractivity (Wildman–Crippen MR) is 97.1 cm³/mol. The Morgan fingerprint density at radius 3 is 2.83 bits per heavy atom. The molecule has 4 nitrogen and oxygen atoms in total. The molecule has 1 heterocycles. The second kappa shape index (κ2) is 8.04. The van der Waals surface area contributed by atoms with E-state index in [0.717, 1.165) is 17.6 Å². The van der Waals surface area contributed by atoms with Crippen molar-refractivity contribution in [1.82, 2.24) is 0 Å². The van der Waals surface area contributed by atoms with E-state index in [9.17, 15) is 0 Å². The van der Waals surface area contributed by atoms with Crippen LogP contribution < -0.4 is 4.90 Å². The molecular formula is C20H21N3O. The van der Waals surface area contributed by atoms with Gasteiger partial charge in [-0.2, -0.15) is 0 Å². The van der Waals surface area contributed by atoms with Crippen LogP contribution in [-0.2, 0) is 11.2 Å². The fourth-order valence-corrected chi connectivity index (χ4v) is 2.62. The number of allylic oxidation sites excluding steroid dienone is 3. The lowest BCUT2D eigenvalue weighted by molar-refractivity contribution is 0.219. The predicted octanol–water partition coefficient (Wildman–Crippen LogP) is 4.33. The Morgan fingerprint density at radius 1 is 1.42 bits per heavy atom. The third-order valence-corrected chi connectivity index (χ3v) is 3.88. The van der Waals surface area contributed by atoms with E-state index in [1.165, 1.54) is 11.3 Å². The Balaban J connectivity index is 2.27. The van der Waals surface area contributed by atoms with Gasteiger partial charge in [-0.15, -0.1) is 0 Å². The summed E-state index contributed by atoms with van der Waals surface area (Å²) in [4.78, 5) is 5.39. The lowest BCUT2D eigenvalue weighted by Gasteiger charge is -2.17. The van der Waals surface area contributed by atoms with Gasteiger partial charge >= 0.3 is 0 Å². The summed E-state index contributed by atoms with van der Waals surface area (Å²) in [6, 6.07) is 8.31. The summed E-state index contributed by atoms with van der Waals surface area (Å²) >= 11 is 0. The Labute approximate surface area is 143 Å². The summed E-state index contributed by atoms with van der Waals surface area (Å²) in [6.45, 7) is 9.69. The quantitative estimate of drug-likeness (QED) is 0.612. The summed E-state index contributed by atoms with van der Waals surface area (Å²) in [5.74, 6) is 0.683. The lowest BCUT2D eigenvalue weighted by atomic mass is 10.0. The van der Waals surface area contributed by atoms with Crippen molar-refractivity contribution in [3.8, 4) is 6.07 Å². The fourth-order valence-electron chi connectivity index (χ4n) is 2.62. The van der Waals surface area contributed by atoms with Crippen LogP contribution in [0.3, 0.4) is 0 Å². The van der Waals surface area contributed by atoms with Crippen LogP contribution in [-0.4, -0.2) is 20.7 Å². The van der Waals surface area contributed by atoms with E-state index in [1.807, 2.05) is 32.3 Å². The molecule has 1 aliphatic heterocycles. The second-order valence-corrected chi connectivity index (χ2v) is 5.71. The molecule has 0 unspecified atom stereocenters. The minimum absolute atomic E-state index is 0.146. The molecule has 0 radical (unpaired) electrons. The van der Waals surface area contributed by atoms with Gasteiger partial charge in [-0.1, -0.05) is 19.1 Å². The zero-order chi connectivity index (χ0) is 17.5. The number of aryl methyl sites for hydroxylation is 1. The highest BCUT2D eigenvalue weighted by Crippen LogP contribution is 2.24. The van der Waals surface area contributed by atoms with E-state index in [1.54, 1.807) is 6.08 Å². The Kier molecular flexibility index (Phi) is 5.82. The van der Waals surface area contributed by atoms with Gasteiger partial charge in [0.05, 0.1) is 19.2 Å². The molecule has 0 spiro atoms. The molecule has 1 aromatic rings. The van der Waals surface area contributed by atoms with Crippen LogP contribution in [0, 0.1) is 17.9 Å². The minimum atomic E-state index is 0.146. The molecule has 2 rings (SSSR count). The standard InChI is InChI=1S/C20H21N3O/c1-5-16-12-15(7-9-20(16)23(3)4)6-8-18-13-17(10-11-24-18)19(14-21)22-2/h6-9,12-13H,5,10-11H2,1,3-4H3/b8-6+,19-17-. The molecule has 0 N–H and O–H groups in total. The van der Waals surface area contributed by atoms with Crippen molar-refractivity contribution in [3.63, 3.8) is 0 Å². The Hall–Kier alpha value is -2.98. The van der Waals surface area contributed by atoms with Crippen LogP contribution in [0.4, 0.5) is 5.69 Å². The normalized spacial score (nSPS) is 16.0. The third-order valence-electron chi connectivity index (χ3n) is 3.88. The summed E-state index contributed by atoms with van der Waals surface area (Å²) in [5.41, 5.74) is 4.51. The van der Waals surface area contributed by atoms with Gasteiger partial charge < -0.3 is 9.64 Å². The van der Waals surface area contributed by atoms with Crippen molar-refractivity contribution < 1.29 is 4.74 Å². The zero-order valence-electron chi connectivity index (χ0n) is 14.3. The van der Waals surface area contributed by atoms with Crippen molar-refractivity contribution in [1.29, 1.82) is 5.26 Å². The summed E-state index contributed by atoms with van der Waals surface area (Å²) < 4.78 is 5.61. The van der Waals surface area contributed by atoms with Gasteiger partial charge in [-0.05, 0) is 53.8 Å². The summed E-state index contributed by atoms with van der Waals surface area (Å²) in [7, 11) is 4.09. The fraction of sp³-hybridized carbons (Fsp3) is 0.300. The highest BCUT2D eigenvalue weighted by Gasteiger charge is 2.11. The lowest BCUT2D eigenvalue weighted by Crippen LogP contribution is -2.11. The topological polar surface area (TPSA) is 40.6 Å². The first-order valence-electron chi connectivity index (χ1n) is 7.92. The largest absolute Gasteiger partial charge is 0.493 e. The van der Waals surface area contributed by atoms with Crippen LogP contribution in [0.15, 0.2) is 47.4 Å². The number of hydrogen-bond acceptors (Lipinski definition) is 3. The Morgan fingerprint density at radius 2 is 2.21 bits per heavy atom. The number of hydrogen-bond donors (Lipinski definition) is 0. The molecule has 24 heavy (non-hydrogen) atoms. The number of benzene rings is 1. The maximum atomic E-state index is 8.99. The molecule has 4 heteroatoms. The van der Waals surface area contributed by atoms with Crippen molar-refractivity contribution in [2.75, 3.05) is 25.6 Å². The highest BCUT2D eigenvalue weighted by atomic mass is 16.5. The van der Waals surface area contributed by atoms with Gasteiger partial charge in [0.15, 0.2) is 0 Å². The number of rotatable bonds is 4. The monoisotopic (exact) mass is 319 g/mol. The van der Waals surface area contributed by atoms with Gasteiger partial charge in [0.1, 0.15) is 5.76 Å². The van der Waals surface area contributed by atoms with E-state index in [0.29, 0.717) is 18.8 Å². The number of nitriles is 1. The molecule has 0 aromatic heterocycles. The zero-order valence-corrected chi connectivity index (χ0v) is 14.3.